The molecule has 0 aromatic carbocycles. The maximum absolute atomic E-state index is 4.44. The third kappa shape index (κ3) is 5.18. The highest BCUT2D eigenvalue weighted by Gasteiger charge is 2.04. The summed E-state index contributed by atoms with van der Waals surface area (Å²) in [6.07, 6.45) is 4.24. The van der Waals surface area contributed by atoms with Crippen LogP contribution in [0.15, 0.2) is 18.3 Å². The molecule has 0 amide bonds. The summed E-state index contributed by atoms with van der Waals surface area (Å²) in [6, 6.07) is 4.20. The van der Waals surface area contributed by atoms with Gasteiger partial charge in [-0.25, -0.2) is 0 Å². The predicted molar refractivity (Wildman–Crippen MR) is 74.3 cm³/mol. The zero-order valence-electron chi connectivity index (χ0n) is 11.4. The van der Waals surface area contributed by atoms with Gasteiger partial charge < -0.3 is 5.32 Å². The van der Waals surface area contributed by atoms with E-state index in [0.29, 0.717) is 0 Å². The van der Waals surface area contributed by atoms with Gasteiger partial charge in [0.15, 0.2) is 0 Å². The number of anilines is 1. The van der Waals surface area contributed by atoms with E-state index in [-0.39, 0.29) is 0 Å². The molecule has 3 nitrogen and oxygen atoms in total. The van der Waals surface area contributed by atoms with Crippen molar-refractivity contribution in [3.8, 4) is 0 Å². The lowest BCUT2D eigenvalue weighted by Crippen LogP contribution is -2.24. The van der Waals surface area contributed by atoms with Crippen LogP contribution in [0.2, 0.25) is 0 Å². The molecule has 1 heterocycles. The Morgan fingerprint density at radius 2 is 2.06 bits per heavy atom. The van der Waals surface area contributed by atoms with Crippen LogP contribution in [0.4, 0.5) is 5.69 Å². The van der Waals surface area contributed by atoms with E-state index in [1.807, 2.05) is 12.3 Å². The number of hydrogen-bond donors (Lipinski definition) is 1. The van der Waals surface area contributed by atoms with E-state index in [0.717, 1.165) is 38.3 Å². The van der Waals surface area contributed by atoms with E-state index in [2.05, 4.69) is 42.0 Å². The molecule has 0 spiro atoms. The molecule has 0 fully saturated rings. The zero-order valence-corrected chi connectivity index (χ0v) is 11.4. The number of pyridine rings is 1. The Labute approximate surface area is 105 Å². The third-order valence-electron chi connectivity index (χ3n) is 2.77. The fraction of sp³-hybridized carbons (Fsp3) is 0.643. The lowest BCUT2D eigenvalue weighted by atomic mass is 10.2. The zero-order chi connectivity index (χ0) is 12.5. The number of rotatable bonds is 8. The maximum Gasteiger partial charge on any atom is 0.0564 e. The number of aromatic nitrogens is 1. The predicted octanol–water partition coefficient (Wildman–Crippen LogP) is 3.14. The van der Waals surface area contributed by atoms with E-state index < -0.39 is 0 Å². The van der Waals surface area contributed by atoms with Crippen molar-refractivity contribution >= 4 is 5.69 Å². The average molecular weight is 235 g/mol. The molecule has 0 unspecified atom stereocenters. The van der Waals surface area contributed by atoms with Gasteiger partial charge in [-0.3, -0.25) is 9.88 Å². The second kappa shape index (κ2) is 8.07. The third-order valence-corrected chi connectivity index (χ3v) is 2.77. The molecule has 1 aromatic heterocycles. The van der Waals surface area contributed by atoms with Crippen molar-refractivity contribution in [1.29, 1.82) is 0 Å². The molecule has 0 bridgehead atoms. The van der Waals surface area contributed by atoms with Gasteiger partial charge in [0.1, 0.15) is 0 Å². The Morgan fingerprint density at radius 1 is 1.24 bits per heavy atom. The highest BCUT2D eigenvalue weighted by atomic mass is 15.1. The van der Waals surface area contributed by atoms with Crippen LogP contribution in [0.3, 0.4) is 0 Å². The second-order valence-corrected chi connectivity index (χ2v) is 4.33. The summed E-state index contributed by atoms with van der Waals surface area (Å²) in [5.41, 5.74) is 2.34. The summed E-state index contributed by atoms with van der Waals surface area (Å²) in [4.78, 5) is 6.86. The molecule has 96 valence electrons. The summed E-state index contributed by atoms with van der Waals surface area (Å²) in [5.74, 6) is 0. The first-order valence-corrected chi connectivity index (χ1v) is 6.71. The maximum atomic E-state index is 4.44. The minimum Gasteiger partial charge on any atom is -0.385 e. The summed E-state index contributed by atoms with van der Waals surface area (Å²) in [7, 11) is 0. The van der Waals surface area contributed by atoms with Crippen molar-refractivity contribution in [2.24, 2.45) is 0 Å². The van der Waals surface area contributed by atoms with E-state index >= 15 is 0 Å². The Balaban J connectivity index is 2.57. The quantitative estimate of drug-likeness (QED) is 0.750. The largest absolute Gasteiger partial charge is 0.385 e. The smallest absolute Gasteiger partial charge is 0.0564 e. The van der Waals surface area contributed by atoms with Crippen LogP contribution in [0.1, 0.15) is 39.3 Å². The molecule has 1 N–H and O–H groups in total. The van der Waals surface area contributed by atoms with Crippen LogP contribution in [-0.2, 0) is 6.54 Å². The Kier molecular flexibility index (Phi) is 6.63. The molecule has 0 saturated carbocycles. The highest BCUT2D eigenvalue weighted by molar-refractivity contribution is 5.43. The first kappa shape index (κ1) is 14.0. The van der Waals surface area contributed by atoms with Crippen molar-refractivity contribution in [3.63, 3.8) is 0 Å². The van der Waals surface area contributed by atoms with Crippen molar-refractivity contribution in [2.75, 3.05) is 25.0 Å². The molecule has 0 aliphatic carbocycles. The van der Waals surface area contributed by atoms with Gasteiger partial charge in [-0.15, -0.1) is 0 Å². The number of hydrogen-bond acceptors (Lipinski definition) is 3. The number of nitrogens with zero attached hydrogens (tertiary/aromatic N) is 2. The molecule has 0 atom stereocenters. The molecule has 0 radical (unpaired) electrons. The highest BCUT2D eigenvalue weighted by Crippen LogP contribution is 2.10. The molecular formula is C14H25N3. The number of nitrogens with one attached hydrogen (secondary N) is 1. The van der Waals surface area contributed by atoms with Crippen LogP contribution in [0.5, 0.6) is 0 Å². The average Bonchev–Trinajstić information content (AvgIpc) is 2.36. The minimum absolute atomic E-state index is 0.950. The standard InChI is InChI=1S/C14H25N3/c1-4-8-15-13-7-9-16-14(11-13)12-17(6-3)10-5-2/h7,9,11H,4-6,8,10,12H2,1-3H3,(H,15,16). The molecule has 0 aliphatic heterocycles. The summed E-state index contributed by atoms with van der Waals surface area (Å²) in [6.45, 7) is 10.8. The van der Waals surface area contributed by atoms with Crippen LogP contribution in [0.25, 0.3) is 0 Å². The van der Waals surface area contributed by atoms with Crippen molar-refractivity contribution in [1.82, 2.24) is 9.88 Å². The van der Waals surface area contributed by atoms with Gasteiger partial charge in [0.25, 0.3) is 0 Å². The van der Waals surface area contributed by atoms with Gasteiger partial charge in [0.2, 0.25) is 0 Å². The fourth-order valence-electron chi connectivity index (χ4n) is 1.84. The van der Waals surface area contributed by atoms with Crippen LogP contribution >= 0.6 is 0 Å². The molecule has 17 heavy (non-hydrogen) atoms. The van der Waals surface area contributed by atoms with Crippen molar-refractivity contribution < 1.29 is 0 Å². The first-order valence-electron chi connectivity index (χ1n) is 6.71. The summed E-state index contributed by atoms with van der Waals surface area (Å²) < 4.78 is 0. The minimum atomic E-state index is 0.950. The van der Waals surface area contributed by atoms with Gasteiger partial charge in [-0.05, 0) is 38.1 Å². The Morgan fingerprint density at radius 3 is 2.71 bits per heavy atom. The molecule has 1 aromatic rings. The lowest BCUT2D eigenvalue weighted by Gasteiger charge is -2.19. The Hall–Kier alpha value is -1.09. The van der Waals surface area contributed by atoms with Crippen molar-refractivity contribution in [3.05, 3.63) is 24.0 Å². The van der Waals surface area contributed by atoms with Crippen molar-refractivity contribution in [2.45, 2.75) is 40.2 Å². The topological polar surface area (TPSA) is 28.2 Å². The lowest BCUT2D eigenvalue weighted by molar-refractivity contribution is 0.277. The monoisotopic (exact) mass is 235 g/mol. The van der Waals surface area contributed by atoms with Gasteiger partial charge in [0, 0.05) is 25.0 Å². The first-order chi connectivity index (χ1) is 8.30. The van der Waals surface area contributed by atoms with E-state index in [1.165, 1.54) is 12.1 Å². The molecule has 1 rings (SSSR count). The normalized spacial score (nSPS) is 10.8. The molecular weight excluding hydrogens is 210 g/mol. The van der Waals surface area contributed by atoms with Crippen LogP contribution in [-0.4, -0.2) is 29.5 Å². The van der Waals surface area contributed by atoms with E-state index in [4.69, 9.17) is 0 Å². The second-order valence-electron chi connectivity index (χ2n) is 4.33. The molecule has 0 saturated heterocycles. The van der Waals surface area contributed by atoms with Crippen LogP contribution in [0, 0.1) is 0 Å². The summed E-state index contributed by atoms with van der Waals surface area (Å²) in [5, 5.41) is 3.40. The van der Waals surface area contributed by atoms with Gasteiger partial charge >= 0.3 is 0 Å². The SMILES string of the molecule is CCCNc1ccnc(CN(CC)CCC)c1. The van der Waals surface area contributed by atoms with Gasteiger partial charge in [-0.2, -0.15) is 0 Å². The van der Waals surface area contributed by atoms with E-state index in [1.54, 1.807) is 0 Å². The van der Waals surface area contributed by atoms with Gasteiger partial charge in [0.05, 0.1) is 5.69 Å². The summed E-state index contributed by atoms with van der Waals surface area (Å²) >= 11 is 0. The van der Waals surface area contributed by atoms with E-state index in [9.17, 15) is 0 Å². The molecule has 3 heteroatoms. The fourth-order valence-corrected chi connectivity index (χ4v) is 1.84. The van der Waals surface area contributed by atoms with Crippen LogP contribution < -0.4 is 5.32 Å². The van der Waals surface area contributed by atoms with Gasteiger partial charge in [-0.1, -0.05) is 20.8 Å². The molecule has 0 aliphatic rings. The Bertz CT molecular complexity index is 312.